The summed E-state index contributed by atoms with van der Waals surface area (Å²) in [5.41, 5.74) is 1.02. The molecule has 3 N–H and O–H groups in total. The molecule has 1 aromatic heterocycles. The monoisotopic (exact) mass is 207 g/mol. The molecule has 1 aliphatic rings. The summed E-state index contributed by atoms with van der Waals surface area (Å²) in [7, 11) is 0. The largest absolute Gasteiger partial charge is 0.367 e. The van der Waals surface area contributed by atoms with E-state index >= 15 is 0 Å². The number of aromatic amines is 1. The van der Waals surface area contributed by atoms with E-state index in [1.807, 2.05) is 12.3 Å². The van der Waals surface area contributed by atoms with Gasteiger partial charge in [0.15, 0.2) is 0 Å². The van der Waals surface area contributed by atoms with Crippen LogP contribution in [0.3, 0.4) is 0 Å². The van der Waals surface area contributed by atoms with Crippen LogP contribution in [0.15, 0.2) is 18.5 Å². The van der Waals surface area contributed by atoms with Crippen molar-refractivity contribution in [3.63, 3.8) is 0 Å². The lowest BCUT2D eigenvalue weighted by Gasteiger charge is -2.09. The van der Waals surface area contributed by atoms with Crippen molar-refractivity contribution in [2.75, 3.05) is 0 Å². The van der Waals surface area contributed by atoms with Crippen LogP contribution >= 0.6 is 0 Å². The standard InChI is InChI=1S/C10H13N3O2/c14-9-2-1-8(13-9)10(15)12-6-7-3-4-11-5-7/h3-5,8,11H,1-2,6H2,(H,12,15)(H,13,14). The van der Waals surface area contributed by atoms with E-state index in [2.05, 4.69) is 15.6 Å². The van der Waals surface area contributed by atoms with Gasteiger partial charge in [0, 0.05) is 25.4 Å². The molecule has 2 heterocycles. The molecule has 2 rings (SSSR count). The molecule has 80 valence electrons. The predicted molar refractivity (Wildman–Crippen MR) is 53.8 cm³/mol. The Morgan fingerprint density at radius 3 is 3.07 bits per heavy atom. The Bertz CT molecular complexity index is 359. The van der Waals surface area contributed by atoms with Gasteiger partial charge in [0.2, 0.25) is 11.8 Å². The van der Waals surface area contributed by atoms with Crippen molar-refractivity contribution in [2.45, 2.75) is 25.4 Å². The van der Waals surface area contributed by atoms with E-state index in [0.717, 1.165) is 5.56 Å². The zero-order chi connectivity index (χ0) is 10.7. The van der Waals surface area contributed by atoms with Crippen LogP contribution in [0.2, 0.25) is 0 Å². The molecule has 5 heteroatoms. The van der Waals surface area contributed by atoms with Crippen LogP contribution in [0.4, 0.5) is 0 Å². The maximum absolute atomic E-state index is 11.6. The van der Waals surface area contributed by atoms with Crippen molar-refractivity contribution in [1.82, 2.24) is 15.6 Å². The van der Waals surface area contributed by atoms with Gasteiger partial charge in [-0.2, -0.15) is 0 Å². The van der Waals surface area contributed by atoms with Crippen molar-refractivity contribution in [1.29, 1.82) is 0 Å². The minimum atomic E-state index is -0.351. The molecule has 0 spiro atoms. The summed E-state index contributed by atoms with van der Waals surface area (Å²) in [5.74, 6) is -0.154. The van der Waals surface area contributed by atoms with E-state index in [1.165, 1.54) is 0 Å². The number of hydrogen-bond acceptors (Lipinski definition) is 2. The topological polar surface area (TPSA) is 74.0 Å². The number of rotatable bonds is 3. The fourth-order valence-corrected chi connectivity index (χ4v) is 1.59. The third-order valence-electron chi connectivity index (χ3n) is 2.44. The van der Waals surface area contributed by atoms with Crippen molar-refractivity contribution in [3.05, 3.63) is 24.0 Å². The Kier molecular flexibility index (Phi) is 2.71. The third kappa shape index (κ3) is 2.37. The number of H-pyrrole nitrogens is 1. The van der Waals surface area contributed by atoms with Crippen LogP contribution in [0, 0.1) is 0 Å². The van der Waals surface area contributed by atoms with Gasteiger partial charge < -0.3 is 15.6 Å². The molecule has 1 unspecified atom stereocenters. The van der Waals surface area contributed by atoms with Gasteiger partial charge >= 0.3 is 0 Å². The highest BCUT2D eigenvalue weighted by atomic mass is 16.2. The molecule has 0 aromatic carbocycles. The average molecular weight is 207 g/mol. The fourth-order valence-electron chi connectivity index (χ4n) is 1.59. The fraction of sp³-hybridized carbons (Fsp3) is 0.400. The molecule has 0 radical (unpaired) electrons. The lowest BCUT2D eigenvalue weighted by atomic mass is 10.2. The summed E-state index contributed by atoms with van der Waals surface area (Å²) in [6, 6.07) is 1.55. The Hall–Kier alpha value is -1.78. The molecule has 2 amide bonds. The first-order chi connectivity index (χ1) is 7.25. The highest BCUT2D eigenvalue weighted by Crippen LogP contribution is 2.06. The van der Waals surface area contributed by atoms with Crippen LogP contribution in [0.25, 0.3) is 0 Å². The van der Waals surface area contributed by atoms with Gasteiger partial charge in [0.25, 0.3) is 0 Å². The van der Waals surface area contributed by atoms with Crippen molar-refractivity contribution in [2.24, 2.45) is 0 Å². The first kappa shape index (κ1) is 9.76. The van der Waals surface area contributed by atoms with Crippen LogP contribution in [-0.2, 0) is 16.1 Å². The molecule has 0 saturated carbocycles. The molecule has 1 atom stereocenters. The zero-order valence-electron chi connectivity index (χ0n) is 8.25. The number of aromatic nitrogens is 1. The molecule has 1 saturated heterocycles. The van der Waals surface area contributed by atoms with Crippen molar-refractivity contribution in [3.8, 4) is 0 Å². The number of carbonyl (C=O) groups excluding carboxylic acids is 2. The zero-order valence-corrected chi connectivity index (χ0v) is 8.25. The van der Waals surface area contributed by atoms with E-state index in [1.54, 1.807) is 6.20 Å². The highest BCUT2D eigenvalue weighted by molar-refractivity contribution is 5.90. The van der Waals surface area contributed by atoms with Gasteiger partial charge in [-0.1, -0.05) is 0 Å². The maximum atomic E-state index is 11.6. The summed E-state index contributed by atoms with van der Waals surface area (Å²) in [6.07, 6.45) is 4.67. The Labute approximate surface area is 87.2 Å². The second-order valence-electron chi connectivity index (χ2n) is 3.60. The quantitative estimate of drug-likeness (QED) is 0.648. The molecular formula is C10H13N3O2. The normalized spacial score (nSPS) is 20.0. The average Bonchev–Trinajstić information content (AvgIpc) is 2.84. The van der Waals surface area contributed by atoms with Gasteiger partial charge in [-0.15, -0.1) is 0 Å². The van der Waals surface area contributed by atoms with Gasteiger partial charge in [-0.3, -0.25) is 9.59 Å². The van der Waals surface area contributed by atoms with Gasteiger partial charge in [0.1, 0.15) is 6.04 Å². The Balaban J connectivity index is 1.80. The molecule has 5 nitrogen and oxygen atoms in total. The second kappa shape index (κ2) is 4.16. The summed E-state index contributed by atoms with van der Waals surface area (Å²) < 4.78 is 0. The molecule has 0 bridgehead atoms. The Morgan fingerprint density at radius 2 is 2.47 bits per heavy atom. The molecule has 1 aliphatic heterocycles. The summed E-state index contributed by atoms with van der Waals surface area (Å²) in [6.45, 7) is 0.495. The maximum Gasteiger partial charge on any atom is 0.242 e. The number of hydrogen-bond donors (Lipinski definition) is 3. The van der Waals surface area contributed by atoms with Crippen LogP contribution in [-0.4, -0.2) is 22.8 Å². The van der Waals surface area contributed by atoms with E-state index in [4.69, 9.17) is 0 Å². The summed E-state index contributed by atoms with van der Waals surface area (Å²) in [5, 5.41) is 5.40. The number of amides is 2. The SMILES string of the molecule is O=C1CCC(C(=O)NCc2cc[nH]c2)N1. The van der Waals surface area contributed by atoms with Crippen molar-refractivity contribution < 1.29 is 9.59 Å². The van der Waals surface area contributed by atoms with Gasteiger partial charge in [-0.05, 0) is 18.1 Å². The lowest BCUT2D eigenvalue weighted by molar-refractivity contribution is -0.125. The highest BCUT2D eigenvalue weighted by Gasteiger charge is 2.26. The van der Waals surface area contributed by atoms with E-state index in [9.17, 15) is 9.59 Å². The van der Waals surface area contributed by atoms with E-state index < -0.39 is 0 Å². The lowest BCUT2D eigenvalue weighted by Crippen LogP contribution is -2.41. The second-order valence-corrected chi connectivity index (χ2v) is 3.60. The first-order valence-electron chi connectivity index (χ1n) is 4.94. The molecule has 1 aromatic rings. The molecule has 0 aliphatic carbocycles. The predicted octanol–water partition coefficient (Wildman–Crippen LogP) is -0.0905. The van der Waals surface area contributed by atoms with Gasteiger partial charge in [-0.25, -0.2) is 0 Å². The number of nitrogens with one attached hydrogen (secondary N) is 3. The van der Waals surface area contributed by atoms with E-state index in [-0.39, 0.29) is 17.9 Å². The third-order valence-corrected chi connectivity index (χ3v) is 2.44. The minimum Gasteiger partial charge on any atom is -0.367 e. The first-order valence-corrected chi connectivity index (χ1v) is 4.94. The van der Waals surface area contributed by atoms with E-state index in [0.29, 0.717) is 19.4 Å². The number of carbonyl (C=O) groups is 2. The smallest absolute Gasteiger partial charge is 0.242 e. The Morgan fingerprint density at radius 1 is 1.60 bits per heavy atom. The van der Waals surface area contributed by atoms with Gasteiger partial charge in [0.05, 0.1) is 0 Å². The minimum absolute atomic E-state index is 0.0446. The van der Waals surface area contributed by atoms with Crippen LogP contribution in [0.5, 0.6) is 0 Å². The molecular weight excluding hydrogens is 194 g/mol. The van der Waals surface area contributed by atoms with Crippen molar-refractivity contribution >= 4 is 11.8 Å². The van der Waals surface area contributed by atoms with Crippen LogP contribution in [0.1, 0.15) is 18.4 Å². The summed E-state index contributed by atoms with van der Waals surface area (Å²) in [4.78, 5) is 25.4. The molecule has 15 heavy (non-hydrogen) atoms. The summed E-state index contributed by atoms with van der Waals surface area (Å²) >= 11 is 0. The molecule has 1 fully saturated rings. The van der Waals surface area contributed by atoms with Crippen LogP contribution < -0.4 is 10.6 Å².